The van der Waals surface area contributed by atoms with Crippen LogP contribution in [-0.4, -0.2) is 41.0 Å². The SMILES string of the molecule is CN(C(=O)c1cc2c([nH]c1=O)CCCCC2)C1CC2CCC(C1)N2. The number of nitrogens with zero attached hydrogens (tertiary/aromatic N) is 1. The normalized spacial score (nSPS) is 29.0. The van der Waals surface area contributed by atoms with Gasteiger partial charge >= 0.3 is 0 Å². The van der Waals surface area contributed by atoms with Crippen LogP contribution in [0, 0.1) is 0 Å². The Labute approximate surface area is 142 Å². The van der Waals surface area contributed by atoms with E-state index in [2.05, 4.69) is 10.3 Å². The van der Waals surface area contributed by atoms with Gasteiger partial charge in [0.25, 0.3) is 11.5 Å². The van der Waals surface area contributed by atoms with Crippen molar-refractivity contribution in [2.45, 2.75) is 75.9 Å². The van der Waals surface area contributed by atoms with Crippen LogP contribution in [0.5, 0.6) is 0 Å². The van der Waals surface area contributed by atoms with Crippen molar-refractivity contribution in [3.63, 3.8) is 0 Å². The number of carbonyl (C=O) groups excluding carboxylic acids is 1. The van der Waals surface area contributed by atoms with Gasteiger partial charge in [-0.15, -0.1) is 0 Å². The lowest BCUT2D eigenvalue weighted by molar-refractivity contribution is 0.0679. The second-order valence-corrected chi connectivity index (χ2v) is 7.76. The second kappa shape index (κ2) is 6.36. The van der Waals surface area contributed by atoms with Crippen molar-refractivity contribution in [1.82, 2.24) is 15.2 Å². The first kappa shape index (κ1) is 15.9. The largest absolute Gasteiger partial charge is 0.338 e. The molecule has 3 aliphatic rings. The number of aromatic nitrogens is 1. The fraction of sp³-hybridized carbons (Fsp3) is 0.684. The molecule has 2 atom stereocenters. The predicted octanol–water partition coefficient (Wildman–Crippen LogP) is 2.00. The summed E-state index contributed by atoms with van der Waals surface area (Å²) in [6.45, 7) is 0. The molecule has 2 bridgehead atoms. The van der Waals surface area contributed by atoms with Gasteiger partial charge in [0.15, 0.2) is 0 Å². The summed E-state index contributed by atoms with van der Waals surface area (Å²) in [4.78, 5) is 30.2. The molecule has 0 saturated carbocycles. The second-order valence-electron chi connectivity index (χ2n) is 7.76. The van der Waals surface area contributed by atoms with Gasteiger partial charge in [-0.05, 0) is 63.0 Å². The van der Waals surface area contributed by atoms with Gasteiger partial charge in [-0.25, -0.2) is 0 Å². The molecule has 130 valence electrons. The number of rotatable bonds is 2. The number of hydrogen-bond donors (Lipinski definition) is 2. The van der Waals surface area contributed by atoms with Gasteiger partial charge in [0.05, 0.1) is 0 Å². The molecular weight excluding hydrogens is 302 g/mol. The molecule has 1 aromatic rings. The predicted molar refractivity (Wildman–Crippen MR) is 93.4 cm³/mol. The zero-order chi connectivity index (χ0) is 16.7. The van der Waals surface area contributed by atoms with E-state index >= 15 is 0 Å². The Morgan fingerprint density at radius 1 is 1.12 bits per heavy atom. The minimum Gasteiger partial charge on any atom is -0.338 e. The Bertz CT molecular complexity index is 684. The quantitative estimate of drug-likeness (QED) is 0.816. The third-order valence-corrected chi connectivity index (χ3v) is 6.13. The molecule has 2 fully saturated rings. The molecule has 24 heavy (non-hydrogen) atoms. The van der Waals surface area contributed by atoms with Crippen LogP contribution in [0.1, 0.15) is 66.6 Å². The summed E-state index contributed by atoms with van der Waals surface area (Å²) in [5, 5.41) is 3.61. The molecule has 0 aromatic carbocycles. The third-order valence-electron chi connectivity index (χ3n) is 6.13. The van der Waals surface area contributed by atoms with E-state index in [9.17, 15) is 9.59 Å². The van der Waals surface area contributed by atoms with Crippen molar-refractivity contribution >= 4 is 5.91 Å². The highest BCUT2D eigenvalue weighted by Crippen LogP contribution is 2.29. The Hall–Kier alpha value is -1.62. The van der Waals surface area contributed by atoms with E-state index in [-0.39, 0.29) is 17.5 Å². The van der Waals surface area contributed by atoms with Crippen molar-refractivity contribution in [3.8, 4) is 0 Å². The Morgan fingerprint density at radius 3 is 2.58 bits per heavy atom. The van der Waals surface area contributed by atoms with Crippen LogP contribution in [0.4, 0.5) is 0 Å². The summed E-state index contributed by atoms with van der Waals surface area (Å²) in [5.41, 5.74) is 2.30. The summed E-state index contributed by atoms with van der Waals surface area (Å²) < 4.78 is 0. The number of H-pyrrole nitrogens is 1. The van der Waals surface area contributed by atoms with Gasteiger partial charge in [-0.3, -0.25) is 9.59 Å². The Kier molecular flexibility index (Phi) is 4.21. The molecule has 1 amide bonds. The maximum atomic E-state index is 13.0. The van der Waals surface area contributed by atoms with E-state index in [1.807, 2.05) is 18.0 Å². The van der Waals surface area contributed by atoms with Crippen molar-refractivity contribution < 1.29 is 4.79 Å². The van der Waals surface area contributed by atoms with E-state index in [0.29, 0.717) is 17.6 Å². The Morgan fingerprint density at radius 2 is 1.83 bits per heavy atom. The number of hydrogen-bond acceptors (Lipinski definition) is 3. The lowest BCUT2D eigenvalue weighted by Gasteiger charge is -2.35. The molecule has 1 aliphatic carbocycles. The average molecular weight is 329 g/mol. The number of pyridine rings is 1. The standard InChI is InChI=1S/C19H27N3O2/c1-22(15-10-13-7-8-14(11-15)20-13)19(24)16-9-12-5-3-2-4-6-17(12)21-18(16)23/h9,13-15,20H,2-8,10-11H2,1H3,(H,21,23). The fourth-order valence-electron chi connectivity index (χ4n) is 4.71. The molecular formula is C19H27N3O2. The number of aryl methyl sites for hydroxylation is 2. The van der Waals surface area contributed by atoms with Crippen LogP contribution in [0.3, 0.4) is 0 Å². The molecule has 2 aliphatic heterocycles. The van der Waals surface area contributed by atoms with Crippen LogP contribution in [-0.2, 0) is 12.8 Å². The topological polar surface area (TPSA) is 65.2 Å². The van der Waals surface area contributed by atoms with Gasteiger partial charge in [0, 0.05) is 30.9 Å². The minimum absolute atomic E-state index is 0.116. The molecule has 5 heteroatoms. The fourth-order valence-corrected chi connectivity index (χ4v) is 4.71. The summed E-state index contributed by atoms with van der Waals surface area (Å²) in [7, 11) is 1.86. The number of carbonyl (C=O) groups is 1. The highest BCUT2D eigenvalue weighted by atomic mass is 16.2. The van der Waals surface area contributed by atoms with Gasteiger partial charge in [0.1, 0.15) is 5.56 Å². The number of fused-ring (bicyclic) bond motifs is 3. The third kappa shape index (κ3) is 2.90. The lowest BCUT2D eigenvalue weighted by atomic mass is 9.97. The minimum atomic E-state index is -0.218. The van der Waals surface area contributed by atoms with Crippen molar-refractivity contribution in [3.05, 3.63) is 33.2 Å². The van der Waals surface area contributed by atoms with E-state index in [0.717, 1.165) is 49.8 Å². The molecule has 4 rings (SSSR count). The van der Waals surface area contributed by atoms with Crippen LogP contribution in [0.2, 0.25) is 0 Å². The molecule has 2 saturated heterocycles. The van der Waals surface area contributed by atoms with Gasteiger partial charge in [-0.2, -0.15) is 0 Å². The smallest absolute Gasteiger partial charge is 0.261 e. The zero-order valence-electron chi connectivity index (χ0n) is 14.4. The number of piperidine rings is 1. The summed E-state index contributed by atoms with van der Waals surface area (Å²) in [5.74, 6) is -0.116. The van der Waals surface area contributed by atoms with Crippen LogP contribution in [0.25, 0.3) is 0 Å². The first-order valence-electron chi connectivity index (χ1n) is 9.40. The maximum Gasteiger partial charge on any atom is 0.261 e. The molecule has 2 unspecified atom stereocenters. The maximum absolute atomic E-state index is 13.0. The van der Waals surface area contributed by atoms with Crippen molar-refractivity contribution in [2.75, 3.05) is 7.05 Å². The zero-order valence-corrected chi connectivity index (χ0v) is 14.4. The summed E-state index contributed by atoms with van der Waals surface area (Å²) in [6.07, 6.45) is 9.76. The molecule has 3 heterocycles. The van der Waals surface area contributed by atoms with E-state index in [1.54, 1.807) is 0 Å². The van der Waals surface area contributed by atoms with Crippen LogP contribution >= 0.6 is 0 Å². The van der Waals surface area contributed by atoms with Gasteiger partial charge < -0.3 is 15.2 Å². The summed E-state index contributed by atoms with van der Waals surface area (Å²) in [6, 6.07) is 3.19. The highest BCUT2D eigenvalue weighted by molar-refractivity contribution is 5.94. The average Bonchev–Trinajstić information content (AvgIpc) is 2.79. The molecule has 5 nitrogen and oxygen atoms in total. The number of amides is 1. The molecule has 0 radical (unpaired) electrons. The Balaban J connectivity index is 1.57. The van der Waals surface area contributed by atoms with E-state index in [1.165, 1.54) is 19.3 Å². The number of aromatic amines is 1. The van der Waals surface area contributed by atoms with Crippen LogP contribution < -0.4 is 10.9 Å². The van der Waals surface area contributed by atoms with E-state index < -0.39 is 0 Å². The molecule has 2 N–H and O–H groups in total. The van der Waals surface area contributed by atoms with Gasteiger partial charge in [-0.1, -0.05) is 6.42 Å². The van der Waals surface area contributed by atoms with Crippen molar-refractivity contribution in [1.29, 1.82) is 0 Å². The summed E-state index contributed by atoms with van der Waals surface area (Å²) >= 11 is 0. The first-order chi connectivity index (χ1) is 11.6. The highest BCUT2D eigenvalue weighted by Gasteiger charge is 2.37. The molecule has 0 spiro atoms. The molecule has 1 aromatic heterocycles. The van der Waals surface area contributed by atoms with E-state index in [4.69, 9.17) is 0 Å². The monoisotopic (exact) mass is 329 g/mol. The van der Waals surface area contributed by atoms with Crippen molar-refractivity contribution in [2.24, 2.45) is 0 Å². The number of nitrogens with one attached hydrogen (secondary N) is 2. The van der Waals surface area contributed by atoms with Gasteiger partial charge in [0.2, 0.25) is 0 Å². The van der Waals surface area contributed by atoms with Crippen LogP contribution in [0.15, 0.2) is 10.9 Å². The first-order valence-corrected chi connectivity index (χ1v) is 9.40. The lowest BCUT2D eigenvalue weighted by Crippen LogP contribution is -2.49.